The molecule has 0 spiro atoms. The molecule has 6 heteroatoms. The second kappa shape index (κ2) is 8.27. The van der Waals surface area contributed by atoms with E-state index < -0.39 is 16.0 Å². The lowest BCUT2D eigenvalue weighted by Crippen LogP contribution is -2.13. The van der Waals surface area contributed by atoms with Gasteiger partial charge in [-0.15, -0.1) is 0 Å². The number of hydrogen-bond donors (Lipinski definition) is 2. The fourth-order valence-corrected chi connectivity index (χ4v) is 4.04. The summed E-state index contributed by atoms with van der Waals surface area (Å²) in [7, 11) is -3.64. The highest BCUT2D eigenvalue weighted by molar-refractivity contribution is 7.92. The Morgan fingerprint density at radius 2 is 1.57 bits per heavy atom. The maximum Gasteiger partial charge on any atom is 0.335 e. The van der Waals surface area contributed by atoms with Crippen LogP contribution in [-0.4, -0.2) is 19.5 Å². The average Bonchev–Trinajstić information content (AvgIpc) is 2.67. The van der Waals surface area contributed by atoms with Crippen molar-refractivity contribution >= 4 is 21.7 Å². The monoisotopic (exact) mass is 395 g/mol. The van der Waals surface area contributed by atoms with E-state index >= 15 is 0 Å². The van der Waals surface area contributed by atoms with Crippen molar-refractivity contribution in [3.63, 3.8) is 0 Å². The largest absolute Gasteiger partial charge is 0.478 e. The smallest absolute Gasteiger partial charge is 0.335 e. The number of sulfonamides is 1. The lowest BCUT2D eigenvalue weighted by Gasteiger charge is -2.10. The summed E-state index contributed by atoms with van der Waals surface area (Å²) in [6, 6.07) is 20.8. The molecule has 0 fully saturated rings. The van der Waals surface area contributed by atoms with Gasteiger partial charge in [0.2, 0.25) is 0 Å². The van der Waals surface area contributed by atoms with Crippen molar-refractivity contribution in [2.75, 3.05) is 4.72 Å². The summed E-state index contributed by atoms with van der Waals surface area (Å²) in [6.07, 6.45) is 1.44. The molecule has 0 radical (unpaired) electrons. The van der Waals surface area contributed by atoms with E-state index in [2.05, 4.69) is 4.72 Å². The second-order valence-electron chi connectivity index (χ2n) is 6.62. The van der Waals surface area contributed by atoms with E-state index in [1.54, 1.807) is 48.5 Å². The van der Waals surface area contributed by atoms with Crippen molar-refractivity contribution < 1.29 is 18.3 Å². The van der Waals surface area contributed by atoms with Crippen LogP contribution in [0.15, 0.2) is 77.7 Å². The third-order valence-corrected chi connectivity index (χ3v) is 5.76. The van der Waals surface area contributed by atoms with Gasteiger partial charge in [0.05, 0.1) is 10.5 Å². The minimum atomic E-state index is -3.64. The first kappa shape index (κ1) is 19.6. The van der Waals surface area contributed by atoms with Crippen LogP contribution in [0, 0.1) is 6.92 Å². The standard InChI is InChI=1S/C22H21NO4S/c1-16-4-2-7-21(14-16)28(26,27)23-20-6-3-5-18(15-20)9-8-17-10-12-19(13-11-17)22(24)25/h2-7,10-15,23H,8-9H2,1H3,(H,24,25). The van der Waals surface area contributed by atoms with E-state index in [9.17, 15) is 13.2 Å². The topological polar surface area (TPSA) is 83.5 Å². The highest BCUT2D eigenvalue weighted by Crippen LogP contribution is 2.19. The van der Waals surface area contributed by atoms with Gasteiger partial charge in [0.15, 0.2) is 0 Å². The van der Waals surface area contributed by atoms with Gasteiger partial charge in [0, 0.05) is 5.69 Å². The third kappa shape index (κ3) is 4.98. The Morgan fingerprint density at radius 3 is 2.25 bits per heavy atom. The van der Waals surface area contributed by atoms with Gasteiger partial charge in [-0.25, -0.2) is 13.2 Å². The van der Waals surface area contributed by atoms with E-state index in [0.29, 0.717) is 12.1 Å². The second-order valence-corrected chi connectivity index (χ2v) is 8.31. The molecule has 0 bridgehead atoms. The Balaban J connectivity index is 1.69. The molecular formula is C22H21NO4S. The number of benzene rings is 3. The van der Waals surface area contributed by atoms with Crippen LogP contribution in [-0.2, 0) is 22.9 Å². The van der Waals surface area contributed by atoms with Gasteiger partial charge in [-0.2, -0.15) is 0 Å². The lowest BCUT2D eigenvalue weighted by atomic mass is 10.0. The predicted molar refractivity (Wildman–Crippen MR) is 109 cm³/mol. The molecule has 0 saturated carbocycles. The first-order valence-corrected chi connectivity index (χ1v) is 10.3. The summed E-state index contributed by atoms with van der Waals surface area (Å²) in [6.45, 7) is 1.85. The zero-order valence-corrected chi connectivity index (χ0v) is 16.2. The third-order valence-electron chi connectivity index (χ3n) is 4.38. The van der Waals surface area contributed by atoms with Crippen LogP contribution in [0.25, 0.3) is 0 Å². The van der Waals surface area contributed by atoms with Gasteiger partial charge in [-0.05, 0) is 72.9 Å². The van der Waals surface area contributed by atoms with E-state index in [0.717, 1.165) is 23.1 Å². The maximum atomic E-state index is 12.6. The number of nitrogens with one attached hydrogen (secondary N) is 1. The summed E-state index contributed by atoms with van der Waals surface area (Å²) < 4.78 is 27.8. The molecule has 3 aromatic rings. The molecule has 2 N–H and O–H groups in total. The van der Waals surface area contributed by atoms with E-state index in [4.69, 9.17) is 5.11 Å². The predicted octanol–water partition coefficient (Wildman–Crippen LogP) is 4.28. The maximum absolute atomic E-state index is 12.6. The summed E-state index contributed by atoms with van der Waals surface area (Å²) in [5.41, 5.74) is 3.67. The minimum Gasteiger partial charge on any atom is -0.478 e. The summed E-state index contributed by atoms with van der Waals surface area (Å²) in [4.78, 5) is 11.1. The van der Waals surface area contributed by atoms with Crippen LogP contribution in [0.5, 0.6) is 0 Å². The van der Waals surface area contributed by atoms with Crippen molar-refractivity contribution in [3.8, 4) is 0 Å². The fourth-order valence-electron chi connectivity index (χ4n) is 2.89. The van der Waals surface area contributed by atoms with Crippen molar-refractivity contribution in [3.05, 3.63) is 95.1 Å². The number of aromatic carboxylic acids is 1. The fraction of sp³-hybridized carbons (Fsp3) is 0.136. The van der Waals surface area contributed by atoms with Gasteiger partial charge in [-0.3, -0.25) is 4.72 Å². The van der Waals surface area contributed by atoms with E-state index in [-0.39, 0.29) is 10.5 Å². The molecule has 0 unspecified atom stereocenters. The Morgan fingerprint density at radius 1 is 0.893 bits per heavy atom. The van der Waals surface area contributed by atoms with Crippen molar-refractivity contribution in [2.24, 2.45) is 0 Å². The number of carbonyl (C=O) groups is 1. The quantitative estimate of drug-likeness (QED) is 0.625. The molecule has 28 heavy (non-hydrogen) atoms. The summed E-state index contributed by atoms with van der Waals surface area (Å²) in [5, 5.41) is 8.95. The molecule has 0 aliphatic carbocycles. The molecule has 0 amide bonds. The highest BCUT2D eigenvalue weighted by Gasteiger charge is 2.14. The first-order chi connectivity index (χ1) is 13.3. The van der Waals surface area contributed by atoms with E-state index in [1.165, 1.54) is 0 Å². The van der Waals surface area contributed by atoms with Crippen LogP contribution < -0.4 is 4.72 Å². The van der Waals surface area contributed by atoms with Gasteiger partial charge < -0.3 is 5.11 Å². The number of aryl methyl sites for hydroxylation is 3. The van der Waals surface area contributed by atoms with Crippen molar-refractivity contribution in [1.29, 1.82) is 0 Å². The number of carboxylic acid groups (broad SMARTS) is 1. The van der Waals surface area contributed by atoms with Gasteiger partial charge in [-0.1, -0.05) is 36.4 Å². The number of carboxylic acids is 1. The van der Waals surface area contributed by atoms with Gasteiger partial charge in [0.25, 0.3) is 10.0 Å². The Hall–Kier alpha value is -3.12. The number of hydrogen-bond acceptors (Lipinski definition) is 3. The van der Waals surface area contributed by atoms with Gasteiger partial charge in [0.1, 0.15) is 0 Å². The molecule has 3 aromatic carbocycles. The lowest BCUT2D eigenvalue weighted by molar-refractivity contribution is 0.0697. The van der Waals surface area contributed by atoms with Crippen molar-refractivity contribution in [1.82, 2.24) is 0 Å². The number of rotatable bonds is 7. The van der Waals surface area contributed by atoms with Crippen LogP contribution in [0.3, 0.4) is 0 Å². The first-order valence-electron chi connectivity index (χ1n) is 8.84. The number of anilines is 1. The molecule has 0 aromatic heterocycles. The summed E-state index contributed by atoms with van der Waals surface area (Å²) >= 11 is 0. The minimum absolute atomic E-state index is 0.233. The average molecular weight is 395 g/mol. The van der Waals surface area contributed by atoms with Crippen LogP contribution >= 0.6 is 0 Å². The SMILES string of the molecule is Cc1cccc(S(=O)(=O)Nc2cccc(CCc3ccc(C(=O)O)cc3)c2)c1. The highest BCUT2D eigenvalue weighted by atomic mass is 32.2. The molecule has 5 nitrogen and oxygen atoms in total. The van der Waals surface area contributed by atoms with E-state index in [1.807, 2.05) is 31.2 Å². The molecule has 3 rings (SSSR count). The summed E-state index contributed by atoms with van der Waals surface area (Å²) in [5.74, 6) is -0.944. The Labute approximate surface area is 164 Å². The van der Waals surface area contributed by atoms with Crippen LogP contribution in [0.2, 0.25) is 0 Å². The zero-order valence-electron chi connectivity index (χ0n) is 15.4. The Kier molecular flexibility index (Phi) is 5.80. The normalized spacial score (nSPS) is 11.2. The zero-order chi connectivity index (χ0) is 20.1. The molecule has 0 heterocycles. The van der Waals surface area contributed by atoms with Crippen LogP contribution in [0.1, 0.15) is 27.0 Å². The molecule has 144 valence electrons. The van der Waals surface area contributed by atoms with Crippen molar-refractivity contribution in [2.45, 2.75) is 24.7 Å². The van der Waals surface area contributed by atoms with Gasteiger partial charge >= 0.3 is 5.97 Å². The molecular weight excluding hydrogens is 374 g/mol. The molecule has 0 aliphatic rings. The van der Waals surface area contributed by atoms with Crippen LogP contribution in [0.4, 0.5) is 5.69 Å². The molecule has 0 atom stereocenters. The molecule has 0 aliphatic heterocycles. The Bertz CT molecular complexity index is 1090. The molecule has 0 saturated heterocycles.